The number of rotatable bonds is 3. The fourth-order valence-electron chi connectivity index (χ4n) is 2.66. The third-order valence-electron chi connectivity index (χ3n) is 3.41. The van der Waals surface area contributed by atoms with E-state index in [0.29, 0.717) is 0 Å². The first-order valence-corrected chi connectivity index (χ1v) is 5.13. The average molecular weight is 169 g/mol. The van der Waals surface area contributed by atoms with Gasteiger partial charge in [0.05, 0.1) is 6.61 Å². The minimum Gasteiger partial charge on any atom is -0.383 e. The molecule has 0 N–H and O–H groups in total. The number of hydrogen-bond donors (Lipinski definition) is 0. The van der Waals surface area contributed by atoms with Crippen molar-refractivity contribution in [3.8, 4) is 0 Å². The van der Waals surface area contributed by atoms with E-state index >= 15 is 0 Å². The average Bonchev–Trinajstić information content (AvgIpc) is 2.17. The molecule has 2 nitrogen and oxygen atoms in total. The lowest BCUT2D eigenvalue weighted by Gasteiger charge is -2.45. The molecule has 3 rings (SSSR count). The maximum Gasteiger partial charge on any atom is 0.0589 e. The van der Waals surface area contributed by atoms with E-state index in [-0.39, 0.29) is 0 Å². The first-order chi connectivity index (χ1) is 5.90. The summed E-state index contributed by atoms with van der Waals surface area (Å²) in [6, 6.07) is 0.894. The van der Waals surface area contributed by atoms with E-state index in [0.717, 1.165) is 25.1 Å². The van der Waals surface area contributed by atoms with Gasteiger partial charge in [-0.2, -0.15) is 0 Å². The van der Waals surface area contributed by atoms with Crippen LogP contribution in [-0.4, -0.2) is 37.7 Å². The summed E-state index contributed by atoms with van der Waals surface area (Å²) in [5.74, 6) is 1.01. The molecule has 3 fully saturated rings. The van der Waals surface area contributed by atoms with Gasteiger partial charge in [-0.1, -0.05) is 0 Å². The summed E-state index contributed by atoms with van der Waals surface area (Å²) in [5.41, 5.74) is 0. The molecule has 0 unspecified atom stereocenters. The van der Waals surface area contributed by atoms with Crippen molar-refractivity contribution in [2.45, 2.75) is 31.7 Å². The zero-order chi connectivity index (χ0) is 8.39. The summed E-state index contributed by atoms with van der Waals surface area (Å²) >= 11 is 0. The number of nitrogens with zero attached hydrogens (tertiary/aromatic N) is 1. The third kappa shape index (κ3) is 1.64. The van der Waals surface area contributed by atoms with Crippen LogP contribution in [0.2, 0.25) is 0 Å². The Kier molecular flexibility index (Phi) is 2.66. The molecule has 2 aliphatic heterocycles. The molecule has 12 heavy (non-hydrogen) atoms. The van der Waals surface area contributed by atoms with Gasteiger partial charge in [-0.05, 0) is 31.6 Å². The summed E-state index contributed by atoms with van der Waals surface area (Å²) in [4.78, 5) is 2.63. The van der Waals surface area contributed by atoms with Gasteiger partial charge < -0.3 is 4.74 Å². The molecule has 1 saturated carbocycles. The number of ether oxygens (including phenoxy) is 1. The van der Waals surface area contributed by atoms with Crippen LogP contribution in [0.3, 0.4) is 0 Å². The van der Waals surface area contributed by atoms with Crippen molar-refractivity contribution in [1.29, 1.82) is 0 Å². The Morgan fingerprint density at radius 1 is 1.25 bits per heavy atom. The SMILES string of the molecule is COCCN1CC2CCC1CC2. The van der Waals surface area contributed by atoms with Crippen molar-refractivity contribution < 1.29 is 4.74 Å². The van der Waals surface area contributed by atoms with Gasteiger partial charge in [0.25, 0.3) is 0 Å². The fraction of sp³-hybridized carbons (Fsp3) is 1.00. The van der Waals surface area contributed by atoms with E-state index in [2.05, 4.69) is 4.90 Å². The molecule has 0 aromatic heterocycles. The van der Waals surface area contributed by atoms with Crippen LogP contribution in [0.25, 0.3) is 0 Å². The van der Waals surface area contributed by atoms with Gasteiger partial charge in [0, 0.05) is 26.2 Å². The topological polar surface area (TPSA) is 12.5 Å². The molecule has 2 saturated heterocycles. The lowest BCUT2D eigenvalue weighted by atomic mass is 9.80. The number of piperidine rings is 2. The first-order valence-electron chi connectivity index (χ1n) is 5.13. The Balaban J connectivity index is 1.82. The number of fused-ring (bicyclic) bond motifs is 3. The summed E-state index contributed by atoms with van der Waals surface area (Å²) in [7, 11) is 1.79. The van der Waals surface area contributed by atoms with E-state index in [9.17, 15) is 0 Å². The molecule has 70 valence electrons. The van der Waals surface area contributed by atoms with E-state index in [1.165, 1.54) is 32.2 Å². The first kappa shape index (κ1) is 8.52. The second-order valence-electron chi connectivity index (χ2n) is 4.16. The van der Waals surface area contributed by atoms with Crippen molar-refractivity contribution in [3.05, 3.63) is 0 Å². The molecule has 2 bridgehead atoms. The smallest absolute Gasteiger partial charge is 0.0589 e. The van der Waals surface area contributed by atoms with Gasteiger partial charge in [0.2, 0.25) is 0 Å². The van der Waals surface area contributed by atoms with Crippen LogP contribution >= 0.6 is 0 Å². The van der Waals surface area contributed by atoms with Gasteiger partial charge >= 0.3 is 0 Å². The summed E-state index contributed by atoms with van der Waals surface area (Å²) in [6.45, 7) is 3.40. The molecule has 3 aliphatic rings. The lowest BCUT2D eigenvalue weighted by Crippen LogP contribution is -2.48. The quantitative estimate of drug-likeness (QED) is 0.635. The Morgan fingerprint density at radius 3 is 2.50 bits per heavy atom. The highest BCUT2D eigenvalue weighted by Gasteiger charge is 2.32. The predicted octanol–water partition coefficient (Wildman–Crippen LogP) is 1.51. The summed E-state index contributed by atoms with van der Waals surface area (Å²) < 4.78 is 5.11. The molecule has 0 aromatic rings. The standard InChI is InChI=1S/C10H19NO/c1-12-7-6-11-8-9-2-4-10(11)5-3-9/h9-10H,2-8H2,1H3. The summed E-state index contributed by atoms with van der Waals surface area (Å²) in [5, 5.41) is 0. The maximum atomic E-state index is 5.11. The van der Waals surface area contributed by atoms with Gasteiger partial charge in [-0.15, -0.1) is 0 Å². The maximum absolute atomic E-state index is 5.11. The minimum atomic E-state index is 0.894. The molecule has 0 aromatic carbocycles. The van der Waals surface area contributed by atoms with Gasteiger partial charge in [0.15, 0.2) is 0 Å². The van der Waals surface area contributed by atoms with Crippen LogP contribution in [0.15, 0.2) is 0 Å². The molecular weight excluding hydrogens is 150 g/mol. The Morgan fingerprint density at radius 2 is 2.00 bits per heavy atom. The van der Waals surface area contributed by atoms with Crippen LogP contribution in [0.4, 0.5) is 0 Å². The van der Waals surface area contributed by atoms with E-state index in [1.807, 2.05) is 0 Å². The Labute approximate surface area is 74.9 Å². The highest BCUT2D eigenvalue weighted by Crippen LogP contribution is 2.34. The lowest BCUT2D eigenvalue weighted by molar-refractivity contribution is 0.0287. The van der Waals surface area contributed by atoms with Crippen LogP contribution in [0.5, 0.6) is 0 Å². The fourth-order valence-corrected chi connectivity index (χ4v) is 2.66. The van der Waals surface area contributed by atoms with Crippen molar-refractivity contribution in [3.63, 3.8) is 0 Å². The van der Waals surface area contributed by atoms with Gasteiger partial charge in [0.1, 0.15) is 0 Å². The molecule has 0 radical (unpaired) electrons. The second-order valence-corrected chi connectivity index (χ2v) is 4.16. The monoisotopic (exact) mass is 169 g/mol. The normalized spacial score (nSPS) is 35.8. The van der Waals surface area contributed by atoms with Crippen molar-refractivity contribution in [2.24, 2.45) is 5.92 Å². The highest BCUT2D eigenvalue weighted by atomic mass is 16.5. The van der Waals surface area contributed by atoms with Gasteiger partial charge in [-0.3, -0.25) is 4.90 Å². The predicted molar refractivity (Wildman–Crippen MR) is 49.2 cm³/mol. The Hall–Kier alpha value is -0.0800. The zero-order valence-electron chi connectivity index (χ0n) is 7.96. The van der Waals surface area contributed by atoms with Crippen molar-refractivity contribution >= 4 is 0 Å². The van der Waals surface area contributed by atoms with Gasteiger partial charge in [-0.25, -0.2) is 0 Å². The van der Waals surface area contributed by atoms with Crippen LogP contribution in [0.1, 0.15) is 25.7 Å². The molecule has 0 atom stereocenters. The second kappa shape index (κ2) is 3.75. The van der Waals surface area contributed by atoms with Crippen LogP contribution < -0.4 is 0 Å². The number of hydrogen-bond acceptors (Lipinski definition) is 2. The third-order valence-corrected chi connectivity index (χ3v) is 3.41. The van der Waals surface area contributed by atoms with E-state index in [1.54, 1.807) is 7.11 Å². The molecule has 2 heterocycles. The molecule has 0 amide bonds. The number of methoxy groups -OCH3 is 1. The van der Waals surface area contributed by atoms with Crippen molar-refractivity contribution in [1.82, 2.24) is 4.90 Å². The van der Waals surface area contributed by atoms with Crippen LogP contribution in [-0.2, 0) is 4.74 Å². The molecule has 1 aliphatic carbocycles. The molecule has 0 spiro atoms. The largest absolute Gasteiger partial charge is 0.383 e. The van der Waals surface area contributed by atoms with E-state index in [4.69, 9.17) is 4.74 Å². The summed E-state index contributed by atoms with van der Waals surface area (Å²) in [6.07, 6.45) is 5.84. The minimum absolute atomic E-state index is 0.894. The van der Waals surface area contributed by atoms with Crippen LogP contribution in [0, 0.1) is 5.92 Å². The van der Waals surface area contributed by atoms with E-state index < -0.39 is 0 Å². The Bertz CT molecular complexity index is 141. The molecular formula is C10H19NO. The van der Waals surface area contributed by atoms with Crippen molar-refractivity contribution in [2.75, 3.05) is 26.8 Å². The molecule has 2 heteroatoms. The zero-order valence-corrected chi connectivity index (χ0v) is 7.96. The highest BCUT2D eigenvalue weighted by molar-refractivity contribution is 4.87.